The Balaban J connectivity index is 1.33. The van der Waals surface area contributed by atoms with Crippen molar-refractivity contribution in [1.82, 2.24) is 4.31 Å². The van der Waals surface area contributed by atoms with Gasteiger partial charge in [-0.25, -0.2) is 0 Å². The predicted octanol–water partition coefficient (Wildman–Crippen LogP) is 12.9. The summed E-state index contributed by atoms with van der Waals surface area (Å²) in [4.78, 5) is 2.26. The zero-order valence-electron chi connectivity index (χ0n) is 39.0. The van der Waals surface area contributed by atoms with Crippen LogP contribution in [0, 0.1) is 0 Å². The zero-order valence-corrected chi connectivity index (χ0v) is 42.2. The largest absolute Gasteiger partial charge is 0.516 e. The molecule has 0 spiro atoms. The predicted molar refractivity (Wildman–Crippen MR) is 272 cm³/mol. The number of phenols is 1. The molecule has 0 fully saturated rings. The number of halogens is 4. The zero-order chi connectivity index (χ0) is 49.1. The number of benzene rings is 5. The highest BCUT2D eigenvalue weighted by Gasteiger charge is 2.51. The molecule has 5 aromatic carbocycles. The average molecular weight is 1030 g/mol. The highest BCUT2D eigenvalue weighted by Crippen LogP contribution is 2.53. The van der Waals surface area contributed by atoms with Crippen molar-refractivity contribution in [2.24, 2.45) is 0 Å². The van der Waals surface area contributed by atoms with Crippen LogP contribution < -0.4 is 4.90 Å². The lowest BCUT2D eigenvalue weighted by molar-refractivity contribution is -0.438. The Morgan fingerprint density at radius 3 is 2.16 bits per heavy atom. The van der Waals surface area contributed by atoms with Crippen molar-refractivity contribution in [1.29, 1.82) is 0 Å². The molecule has 3 aliphatic rings. The van der Waals surface area contributed by atoms with Gasteiger partial charge in [-0.1, -0.05) is 105 Å². The van der Waals surface area contributed by atoms with Gasteiger partial charge in [0.25, 0.3) is 10.1 Å². The Kier molecular flexibility index (Phi) is 13.2. The number of nitrogens with zero attached hydrogens (tertiary/aromatic N) is 3. The maximum Gasteiger partial charge on any atom is 0.516 e. The van der Waals surface area contributed by atoms with Crippen LogP contribution in [0.15, 0.2) is 125 Å². The van der Waals surface area contributed by atoms with Gasteiger partial charge in [-0.05, 0) is 113 Å². The van der Waals surface area contributed by atoms with Crippen LogP contribution in [0.1, 0.15) is 95.4 Å². The van der Waals surface area contributed by atoms with Crippen LogP contribution in [-0.2, 0) is 31.0 Å². The van der Waals surface area contributed by atoms with Crippen molar-refractivity contribution in [2.45, 2.75) is 89.5 Å². The van der Waals surface area contributed by atoms with E-state index in [1.807, 2.05) is 54.6 Å². The summed E-state index contributed by atoms with van der Waals surface area (Å²) >= 11 is 3.58. The number of hydrogen-bond donors (Lipinski definition) is 2. The summed E-state index contributed by atoms with van der Waals surface area (Å²) in [6, 6.07) is 26.5. The third-order valence-electron chi connectivity index (χ3n) is 13.7. The highest BCUT2D eigenvalue weighted by molar-refractivity contribution is 9.10. The van der Waals surface area contributed by atoms with Crippen molar-refractivity contribution in [3.63, 3.8) is 0 Å². The van der Waals surface area contributed by atoms with E-state index < -0.39 is 42.2 Å². The number of hydrogen-bond acceptors (Lipinski definition) is 6. The van der Waals surface area contributed by atoms with E-state index in [2.05, 4.69) is 66.1 Å². The summed E-state index contributed by atoms with van der Waals surface area (Å²) < 4.78 is 107. The number of sulfonamides is 1. The van der Waals surface area contributed by atoms with E-state index in [9.17, 15) is 39.7 Å². The van der Waals surface area contributed by atoms with E-state index in [1.54, 1.807) is 48.6 Å². The number of likely N-dealkylation sites (N-methyl/N-ethyl adjacent to an activating group) is 1. The number of fused-ring (bicyclic) bond motifs is 7. The molecule has 1 aliphatic carbocycles. The van der Waals surface area contributed by atoms with Gasteiger partial charge < -0.3 is 10.0 Å². The second-order valence-electron chi connectivity index (χ2n) is 18.9. The summed E-state index contributed by atoms with van der Waals surface area (Å²) in [5.74, 6) is -0.259. The third kappa shape index (κ3) is 8.84. The summed E-state index contributed by atoms with van der Waals surface area (Å²) in [6.45, 7) is 11.5. The van der Waals surface area contributed by atoms with Crippen LogP contribution in [0.4, 0.5) is 24.5 Å². The fraction of sp³-hybridized carbons (Fsp3) is 0.340. The number of unbranched alkanes of at least 4 members (excludes halogenated alkanes) is 4. The van der Waals surface area contributed by atoms with Gasteiger partial charge in [0.05, 0.1) is 16.9 Å². The molecular formula is C53H56BrF3N3O6S2+. The average Bonchev–Trinajstić information content (AvgIpc) is 3.78. The molecule has 15 heteroatoms. The Bertz CT molecular complexity index is 3260. The Morgan fingerprint density at radius 2 is 1.46 bits per heavy atom. The first-order chi connectivity index (χ1) is 32.0. The smallest absolute Gasteiger partial charge is 0.508 e. The number of anilines is 1. The van der Waals surface area contributed by atoms with Crippen molar-refractivity contribution < 1.29 is 44.2 Å². The van der Waals surface area contributed by atoms with E-state index in [0.29, 0.717) is 40.5 Å². The van der Waals surface area contributed by atoms with Crippen LogP contribution in [0.2, 0.25) is 0 Å². The number of rotatable bonds is 15. The molecule has 68 heavy (non-hydrogen) atoms. The van der Waals surface area contributed by atoms with Gasteiger partial charge in [-0.2, -0.15) is 34.6 Å². The standard InChI is InChI=1S/C53H55BrF3N3O6S2/c1-7-8-9-12-29-59-45-26-18-35-33-37(61)20-22-39(35)49(45)52(4,5)46(59)27-23-42-40-15-10-11-16-41(40)43(50(42)58(6)68(65,66)53(55,56)57)24-28-47-51(2,3)48-38-21-19-36(54)32-34(38)17-25-44(48)60(47)30-13-14-31-67(62,63)64/h10-11,15-28,32-33H,7-9,12-14,29-31H2,1-6H3,(H-,61,62,63,64)/p+1. The van der Waals surface area contributed by atoms with Crippen molar-refractivity contribution in [2.75, 3.05) is 30.8 Å². The van der Waals surface area contributed by atoms with Gasteiger partial charge in [0.2, 0.25) is 5.69 Å². The topological polar surface area (TPSA) is 118 Å². The molecule has 0 amide bonds. The summed E-state index contributed by atoms with van der Waals surface area (Å²) in [5, 5.41) is 14.2. The third-order valence-corrected chi connectivity index (χ3v) is 16.5. The van der Waals surface area contributed by atoms with Gasteiger partial charge >= 0.3 is 15.5 Å². The Hall–Kier alpha value is -5.22. The van der Waals surface area contributed by atoms with E-state index in [0.717, 1.165) is 92.7 Å². The molecule has 0 saturated carbocycles. The van der Waals surface area contributed by atoms with Gasteiger partial charge in [0, 0.05) is 70.1 Å². The van der Waals surface area contributed by atoms with Gasteiger partial charge in [0.15, 0.2) is 5.71 Å². The monoisotopic (exact) mass is 1030 g/mol. The van der Waals surface area contributed by atoms with Crippen LogP contribution in [0.3, 0.4) is 0 Å². The molecule has 0 radical (unpaired) electrons. The maximum absolute atomic E-state index is 14.7. The molecule has 8 rings (SSSR count). The lowest BCUT2D eigenvalue weighted by Crippen LogP contribution is -2.37. The van der Waals surface area contributed by atoms with Gasteiger partial charge in [-0.3, -0.25) is 8.86 Å². The van der Waals surface area contributed by atoms with Crippen LogP contribution in [0.5, 0.6) is 5.75 Å². The molecule has 9 nitrogen and oxygen atoms in total. The summed E-state index contributed by atoms with van der Waals surface area (Å²) in [6.07, 6.45) is 11.8. The lowest BCUT2D eigenvalue weighted by Gasteiger charge is -2.28. The molecule has 0 unspecified atom stereocenters. The first-order valence-electron chi connectivity index (χ1n) is 22.9. The molecule has 0 aromatic heterocycles. The minimum Gasteiger partial charge on any atom is -0.508 e. The SMILES string of the molecule is CCCCCCN1C(=CC=C2C(N(C)S(=O)(=O)C(F)(F)F)=C(C=CC3=[N+](CCCCS(=O)(=O)O)c4ccc5cc(Br)ccc5c4C3(C)C)c3ccccc32)C(C)(C)c2c1ccc1cc(O)ccc21. The second-order valence-corrected chi connectivity index (χ2v) is 23.3. The Labute approximate surface area is 405 Å². The fourth-order valence-electron chi connectivity index (χ4n) is 10.5. The number of allylic oxidation sites excluding steroid dienone is 7. The molecule has 0 saturated heterocycles. The highest BCUT2D eigenvalue weighted by atomic mass is 79.9. The summed E-state index contributed by atoms with van der Waals surface area (Å²) in [5.41, 5.74) is 0.223. The van der Waals surface area contributed by atoms with Crippen molar-refractivity contribution >= 4 is 85.8 Å². The number of aromatic hydroxyl groups is 1. The molecule has 2 N–H and O–H groups in total. The normalized spacial score (nSPS) is 18.0. The lowest BCUT2D eigenvalue weighted by atomic mass is 9.79. The molecule has 0 bridgehead atoms. The van der Waals surface area contributed by atoms with Crippen LogP contribution in [-0.4, -0.2) is 72.5 Å². The summed E-state index contributed by atoms with van der Waals surface area (Å²) in [7, 11) is -9.16. The molecule has 5 aromatic rings. The molecule has 2 aliphatic heterocycles. The number of phenolic OH excluding ortho intramolecular Hbond substituents is 1. The minimum absolute atomic E-state index is 0.135. The quantitative estimate of drug-likeness (QED) is 0.0609. The first-order valence-corrected chi connectivity index (χ1v) is 26.7. The number of alkyl halides is 3. The van der Waals surface area contributed by atoms with Crippen molar-refractivity contribution in [3.05, 3.63) is 147 Å². The van der Waals surface area contributed by atoms with E-state index in [4.69, 9.17) is 0 Å². The van der Waals surface area contributed by atoms with E-state index in [1.165, 1.54) is 0 Å². The fourth-order valence-corrected chi connectivity index (χ4v) is 12.2. The minimum atomic E-state index is -5.91. The van der Waals surface area contributed by atoms with Gasteiger partial charge in [-0.15, -0.1) is 0 Å². The molecule has 0 atom stereocenters. The maximum atomic E-state index is 14.7. The Morgan fingerprint density at radius 1 is 0.779 bits per heavy atom. The van der Waals surface area contributed by atoms with Crippen molar-refractivity contribution in [3.8, 4) is 5.75 Å². The van der Waals surface area contributed by atoms with E-state index >= 15 is 0 Å². The second kappa shape index (κ2) is 18.3. The molecular weight excluding hydrogens is 976 g/mol. The van der Waals surface area contributed by atoms with Crippen LogP contribution >= 0.6 is 15.9 Å². The van der Waals surface area contributed by atoms with Crippen LogP contribution in [0.25, 0.3) is 32.7 Å². The van der Waals surface area contributed by atoms with Gasteiger partial charge in [0.1, 0.15) is 12.3 Å². The first kappa shape index (κ1) is 49.2. The molecule has 358 valence electrons. The molecule has 2 heterocycles. The van der Waals surface area contributed by atoms with E-state index in [-0.39, 0.29) is 23.4 Å².